The van der Waals surface area contributed by atoms with E-state index in [0.29, 0.717) is 0 Å². The summed E-state index contributed by atoms with van der Waals surface area (Å²) >= 11 is 0. The van der Waals surface area contributed by atoms with E-state index in [1.165, 1.54) is 24.8 Å². The van der Waals surface area contributed by atoms with Crippen LogP contribution in [0.15, 0.2) is 24.0 Å². The van der Waals surface area contributed by atoms with Crippen LogP contribution >= 0.6 is 0 Å². The molecular weight excluding hydrogens is 176 g/mol. The number of carbonyl (C=O) groups excluding carboxylic acids is 1. The highest BCUT2D eigenvalue weighted by Crippen LogP contribution is 2.34. The zero-order chi connectivity index (χ0) is 9.97. The van der Waals surface area contributed by atoms with Gasteiger partial charge in [-0.05, 0) is 30.6 Å². The average Bonchev–Trinajstić information content (AvgIpc) is 2.72. The number of hydrogen-bond donors (Lipinski definition) is 0. The van der Waals surface area contributed by atoms with Gasteiger partial charge in [0, 0.05) is 0 Å². The lowest BCUT2D eigenvalue weighted by molar-refractivity contribution is -0.117. The van der Waals surface area contributed by atoms with Gasteiger partial charge in [-0.3, -0.25) is 4.79 Å². The number of carbonyl (C=O) groups is 1. The number of ether oxygens (including phenoxy) is 1. The second-order valence-corrected chi connectivity index (χ2v) is 3.99. The summed E-state index contributed by atoms with van der Waals surface area (Å²) in [6, 6.07) is 0. The Balaban J connectivity index is 1.91. The summed E-state index contributed by atoms with van der Waals surface area (Å²) in [7, 11) is 0. The molecule has 0 spiro atoms. The number of rotatable bonds is 4. The van der Waals surface area contributed by atoms with Gasteiger partial charge < -0.3 is 4.74 Å². The lowest BCUT2D eigenvalue weighted by Crippen LogP contribution is -2.18. The Labute approximate surface area is 84.6 Å². The topological polar surface area (TPSA) is 26.3 Å². The normalized spacial score (nSPS) is 28.9. The molecular formula is C12H16O2. The summed E-state index contributed by atoms with van der Waals surface area (Å²) in [6.45, 7) is 2.19. The Bertz CT molecular complexity index is 289. The zero-order valence-corrected chi connectivity index (χ0v) is 8.53. The highest BCUT2D eigenvalue weighted by Gasteiger charge is 2.37. The highest BCUT2D eigenvalue weighted by atomic mass is 16.5. The highest BCUT2D eigenvalue weighted by molar-refractivity contribution is 5.97. The quantitative estimate of drug-likeness (QED) is 0.640. The van der Waals surface area contributed by atoms with E-state index in [-0.39, 0.29) is 17.8 Å². The molecule has 0 amide bonds. The lowest BCUT2D eigenvalue weighted by Gasteiger charge is -2.10. The molecule has 0 fully saturated rings. The maximum Gasteiger partial charge on any atom is 0.166 e. The molecule has 76 valence electrons. The van der Waals surface area contributed by atoms with Gasteiger partial charge in [0.05, 0.1) is 12.2 Å². The minimum Gasteiger partial charge on any atom is -0.493 e. The Kier molecular flexibility index (Phi) is 2.71. The molecule has 2 unspecified atom stereocenters. The maximum atomic E-state index is 11.5. The Hall–Kier alpha value is -1.05. The SMILES string of the molecule is CCCCCC1=COC2C=CC(=O)C12. The molecule has 1 aliphatic carbocycles. The predicted molar refractivity (Wildman–Crippen MR) is 54.7 cm³/mol. The van der Waals surface area contributed by atoms with Crippen molar-refractivity contribution in [3.05, 3.63) is 24.0 Å². The fourth-order valence-corrected chi connectivity index (χ4v) is 2.12. The van der Waals surface area contributed by atoms with Crippen LogP contribution in [0.5, 0.6) is 0 Å². The van der Waals surface area contributed by atoms with Crippen LogP contribution in [0.4, 0.5) is 0 Å². The third-order valence-corrected chi connectivity index (χ3v) is 2.93. The van der Waals surface area contributed by atoms with Crippen molar-refractivity contribution in [3.63, 3.8) is 0 Å². The molecule has 14 heavy (non-hydrogen) atoms. The van der Waals surface area contributed by atoms with E-state index in [9.17, 15) is 4.79 Å². The van der Waals surface area contributed by atoms with E-state index in [1.54, 1.807) is 12.3 Å². The Morgan fingerprint density at radius 1 is 1.43 bits per heavy atom. The number of allylic oxidation sites excluding steroid dienone is 1. The van der Waals surface area contributed by atoms with E-state index in [1.807, 2.05) is 6.08 Å². The Morgan fingerprint density at radius 3 is 3.07 bits per heavy atom. The molecule has 1 heterocycles. The summed E-state index contributed by atoms with van der Waals surface area (Å²) in [5, 5.41) is 0. The number of hydrogen-bond acceptors (Lipinski definition) is 2. The molecule has 1 aliphatic heterocycles. The first kappa shape index (κ1) is 9.50. The molecule has 0 saturated carbocycles. The lowest BCUT2D eigenvalue weighted by atomic mass is 9.92. The summed E-state index contributed by atoms with van der Waals surface area (Å²) < 4.78 is 5.42. The molecule has 2 atom stereocenters. The third kappa shape index (κ3) is 1.61. The van der Waals surface area contributed by atoms with Crippen molar-refractivity contribution in [1.82, 2.24) is 0 Å². The van der Waals surface area contributed by atoms with Gasteiger partial charge >= 0.3 is 0 Å². The molecule has 0 radical (unpaired) electrons. The third-order valence-electron chi connectivity index (χ3n) is 2.93. The van der Waals surface area contributed by atoms with Gasteiger partial charge in [-0.1, -0.05) is 19.8 Å². The fourth-order valence-electron chi connectivity index (χ4n) is 2.12. The van der Waals surface area contributed by atoms with Crippen LogP contribution in [0.25, 0.3) is 0 Å². The van der Waals surface area contributed by atoms with Crippen LogP contribution < -0.4 is 0 Å². The van der Waals surface area contributed by atoms with Crippen LogP contribution in [0.1, 0.15) is 32.6 Å². The predicted octanol–water partition coefficient (Wildman–Crippen LogP) is 2.60. The number of fused-ring (bicyclic) bond motifs is 1. The van der Waals surface area contributed by atoms with Crippen molar-refractivity contribution in [2.45, 2.75) is 38.7 Å². The fraction of sp³-hybridized carbons (Fsp3) is 0.583. The van der Waals surface area contributed by atoms with E-state index in [0.717, 1.165) is 6.42 Å². The van der Waals surface area contributed by atoms with Gasteiger partial charge in [-0.2, -0.15) is 0 Å². The maximum absolute atomic E-state index is 11.5. The van der Waals surface area contributed by atoms with Crippen molar-refractivity contribution in [3.8, 4) is 0 Å². The zero-order valence-electron chi connectivity index (χ0n) is 8.53. The summed E-state index contributed by atoms with van der Waals surface area (Å²) in [5.74, 6) is 0.238. The summed E-state index contributed by atoms with van der Waals surface area (Å²) in [6.07, 6.45) is 9.97. The smallest absolute Gasteiger partial charge is 0.166 e. The Morgan fingerprint density at radius 2 is 2.29 bits per heavy atom. The molecule has 2 nitrogen and oxygen atoms in total. The molecule has 0 aromatic rings. The van der Waals surface area contributed by atoms with Gasteiger partial charge in [0.25, 0.3) is 0 Å². The summed E-state index contributed by atoms with van der Waals surface area (Å²) in [5.41, 5.74) is 1.19. The first-order chi connectivity index (χ1) is 6.83. The first-order valence-electron chi connectivity index (χ1n) is 5.39. The van der Waals surface area contributed by atoms with Gasteiger partial charge in [0.2, 0.25) is 0 Å². The average molecular weight is 192 g/mol. The van der Waals surface area contributed by atoms with Gasteiger partial charge in [0.15, 0.2) is 5.78 Å². The standard InChI is InChI=1S/C12H16O2/c1-2-3-4-5-9-8-14-11-7-6-10(13)12(9)11/h6-8,11-12H,2-5H2,1H3. The van der Waals surface area contributed by atoms with Gasteiger partial charge in [-0.15, -0.1) is 0 Å². The van der Waals surface area contributed by atoms with Crippen LogP contribution in [0.2, 0.25) is 0 Å². The van der Waals surface area contributed by atoms with Crippen molar-refractivity contribution in [2.24, 2.45) is 5.92 Å². The monoisotopic (exact) mass is 192 g/mol. The number of unbranched alkanes of at least 4 members (excludes halogenated alkanes) is 2. The van der Waals surface area contributed by atoms with E-state index >= 15 is 0 Å². The second-order valence-electron chi connectivity index (χ2n) is 3.99. The largest absolute Gasteiger partial charge is 0.493 e. The van der Waals surface area contributed by atoms with Crippen LogP contribution in [-0.2, 0) is 9.53 Å². The van der Waals surface area contributed by atoms with Crippen molar-refractivity contribution < 1.29 is 9.53 Å². The molecule has 2 rings (SSSR count). The molecule has 0 saturated heterocycles. The first-order valence-corrected chi connectivity index (χ1v) is 5.39. The van der Waals surface area contributed by atoms with Gasteiger partial charge in [-0.25, -0.2) is 0 Å². The minimum absolute atomic E-state index is 0.0131. The van der Waals surface area contributed by atoms with E-state index < -0.39 is 0 Å². The van der Waals surface area contributed by atoms with E-state index in [2.05, 4.69) is 6.92 Å². The molecule has 0 aromatic heterocycles. The van der Waals surface area contributed by atoms with E-state index in [4.69, 9.17) is 4.74 Å². The van der Waals surface area contributed by atoms with Crippen molar-refractivity contribution in [2.75, 3.05) is 0 Å². The van der Waals surface area contributed by atoms with Crippen LogP contribution in [0.3, 0.4) is 0 Å². The van der Waals surface area contributed by atoms with Crippen molar-refractivity contribution in [1.29, 1.82) is 0 Å². The van der Waals surface area contributed by atoms with Crippen LogP contribution in [0, 0.1) is 5.92 Å². The number of ketones is 1. The van der Waals surface area contributed by atoms with Gasteiger partial charge in [0.1, 0.15) is 6.10 Å². The van der Waals surface area contributed by atoms with Crippen molar-refractivity contribution >= 4 is 5.78 Å². The molecule has 0 bridgehead atoms. The molecule has 2 heteroatoms. The minimum atomic E-state index is 0.0131. The molecule has 0 N–H and O–H groups in total. The molecule has 2 aliphatic rings. The van der Waals surface area contributed by atoms with Crippen LogP contribution in [-0.4, -0.2) is 11.9 Å². The second kappa shape index (κ2) is 3.99. The summed E-state index contributed by atoms with van der Waals surface area (Å²) in [4.78, 5) is 11.5. The molecule has 0 aromatic carbocycles.